The molecule has 2 rings (SSSR count). The molecule has 78 valence electrons. The molecule has 5 heteroatoms. The van der Waals surface area contributed by atoms with Crippen molar-refractivity contribution in [2.45, 2.75) is 5.75 Å². The average Bonchev–Trinajstić information content (AvgIpc) is 2.16. The third kappa shape index (κ3) is 2.30. The highest BCUT2D eigenvalue weighted by molar-refractivity contribution is 7.85. The van der Waals surface area contributed by atoms with Crippen LogP contribution in [0.25, 0.3) is 10.8 Å². The first-order chi connectivity index (χ1) is 7.06. The van der Waals surface area contributed by atoms with Gasteiger partial charge in [0.05, 0.1) is 0 Å². The number of pyridine rings is 1. The number of aromatic nitrogens is 1. The lowest BCUT2D eigenvalue weighted by atomic mass is 10.1. The molecule has 1 aromatic heterocycles. The van der Waals surface area contributed by atoms with Gasteiger partial charge >= 0.3 is 10.2 Å². The van der Waals surface area contributed by atoms with Gasteiger partial charge in [-0.25, -0.2) is 0 Å². The van der Waals surface area contributed by atoms with Gasteiger partial charge in [0.15, 0.2) is 0 Å². The minimum Gasteiger partial charge on any atom is -0.264 e. The van der Waals surface area contributed by atoms with Crippen LogP contribution in [0.4, 0.5) is 3.89 Å². The Bertz CT molecular complexity index is 590. The van der Waals surface area contributed by atoms with Crippen LogP contribution in [-0.2, 0) is 16.0 Å². The molecule has 15 heavy (non-hydrogen) atoms. The Kier molecular flexibility index (Phi) is 2.40. The molecule has 0 aliphatic rings. The first-order valence-electron chi connectivity index (χ1n) is 4.30. The molecule has 1 aromatic carbocycles. The van der Waals surface area contributed by atoms with Crippen LogP contribution in [0, 0.1) is 0 Å². The summed E-state index contributed by atoms with van der Waals surface area (Å²) >= 11 is 0. The molecule has 0 unspecified atom stereocenters. The van der Waals surface area contributed by atoms with Gasteiger partial charge in [-0.1, -0.05) is 18.2 Å². The highest BCUT2D eigenvalue weighted by Crippen LogP contribution is 2.19. The first-order valence-corrected chi connectivity index (χ1v) is 5.85. The molecular weight excluding hydrogens is 217 g/mol. The second-order valence-electron chi connectivity index (χ2n) is 3.20. The van der Waals surface area contributed by atoms with Crippen LogP contribution < -0.4 is 0 Å². The predicted octanol–water partition coefficient (Wildman–Crippen LogP) is 2.03. The molecular formula is C10H8FNO2S. The zero-order valence-corrected chi connectivity index (χ0v) is 8.54. The maximum absolute atomic E-state index is 12.6. The molecule has 0 aliphatic carbocycles. The molecule has 0 spiro atoms. The Morgan fingerprint density at radius 1 is 1.27 bits per heavy atom. The SMILES string of the molecule is O=S(=O)(F)Cc1cccc2cnccc12. The van der Waals surface area contributed by atoms with Crippen LogP contribution in [0.15, 0.2) is 36.7 Å². The van der Waals surface area contributed by atoms with E-state index in [1.807, 2.05) is 0 Å². The van der Waals surface area contributed by atoms with Crippen molar-refractivity contribution in [1.82, 2.24) is 4.98 Å². The number of fused-ring (bicyclic) bond motifs is 1. The summed E-state index contributed by atoms with van der Waals surface area (Å²) in [6, 6.07) is 6.76. The average molecular weight is 225 g/mol. The molecule has 0 N–H and O–H groups in total. The fraction of sp³-hybridized carbons (Fsp3) is 0.100. The molecule has 2 aromatic rings. The first kappa shape index (κ1) is 10.0. The van der Waals surface area contributed by atoms with Crippen LogP contribution in [0.3, 0.4) is 0 Å². The van der Waals surface area contributed by atoms with Crippen molar-refractivity contribution in [3.05, 3.63) is 42.2 Å². The number of hydrogen-bond donors (Lipinski definition) is 0. The van der Waals surface area contributed by atoms with E-state index in [0.29, 0.717) is 10.9 Å². The predicted molar refractivity (Wildman–Crippen MR) is 55.5 cm³/mol. The van der Waals surface area contributed by atoms with Gasteiger partial charge in [0.2, 0.25) is 0 Å². The number of nitrogens with zero attached hydrogens (tertiary/aromatic N) is 1. The second-order valence-corrected chi connectivity index (χ2v) is 4.56. The standard InChI is InChI=1S/C10H8FNO2S/c11-15(13,14)7-9-3-1-2-8-6-12-5-4-10(8)9/h1-6H,7H2. The number of hydrogen-bond acceptors (Lipinski definition) is 3. The Morgan fingerprint density at radius 3 is 2.80 bits per heavy atom. The summed E-state index contributed by atoms with van der Waals surface area (Å²) in [7, 11) is -4.49. The van der Waals surface area contributed by atoms with E-state index in [1.165, 1.54) is 0 Å². The Labute approximate surface area is 86.8 Å². The number of benzene rings is 1. The summed E-state index contributed by atoms with van der Waals surface area (Å²) in [5, 5.41) is 1.52. The van der Waals surface area contributed by atoms with Crippen molar-refractivity contribution in [3.63, 3.8) is 0 Å². The summed E-state index contributed by atoms with van der Waals surface area (Å²) < 4.78 is 33.7. The molecule has 1 heterocycles. The zero-order chi connectivity index (χ0) is 10.9. The highest BCUT2D eigenvalue weighted by atomic mass is 32.3. The van der Waals surface area contributed by atoms with Crippen molar-refractivity contribution in [1.29, 1.82) is 0 Å². The van der Waals surface area contributed by atoms with Gasteiger partial charge in [-0.05, 0) is 17.0 Å². The summed E-state index contributed by atoms with van der Waals surface area (Å²) in [5.74, 6) is -0.589. The monoisotopic (exact) mass is 225 g/mol. The fourth-order valence-corrected chi connectivity index (χ4v) is 2.12. The fourth-order valence-electron chi connectivity index (χ4n) is 1.50. The lowest BCUT2D eigenvalue weighted by molar-refractivity contribution is 0.551. The van der Waals surface area contributed by atoms with Crippen molar-refractivity contribution < 1.29 is 12.3 Å². The van der Waals surface area contributed by atoms with Gasteiger partial charge in [-0.3, -0.25) is 4.98 Å². The Hall–Kier alpha value is -1.49. The van der Waals surface area contributed by atoms with E-state index < -0.39 is 16.0 Å². The lowest BCUT2D eigenvalue weighted by Crippen LogP contribution is -1.97. The summed E-state index contributed by atoms with van der Waals surface area (Å²) in [6.45, 7) is 0. The molecule has 0 bridgehead atoms. The summed E-state index contributed by atoms with van der Waals surface area (Å²) in [5.41, 5.74) is 0.456. The maximum Gasteiger partial charge on any atom is 0.306 e. The van der Waals surface area contributed by atoms with Gasteiger partial charge in [0, 0.05) is 17.8 Å². The smallest absolute Gasteiger partial charge is 0.264 e. The van der Waals surface area contributed by atoms with Gasteiger partial charge in [-0.15, -0.1) is 3.89 Å². The molecule has 0 aliphatic heterocycles. The summed E-state index contributed by atoms with van der Waals surface area (Å²) in [4.78, 5) is 3.91. The molecule has 0 amide bonds. The van der Waals surface area contributed by atoms with Crippen molar-refractivity contribution in [2.75, 3.05) is 0 Å². The highest BCUT2D eigenvalue weighted by Gasteiger charge is 2.11. The van der Waals surface area contributed by atoms with E-state index in [1.54, 1.807) is 36.7 Å². The normalized spacial score (nSPS) is 11.8. The van der Waals surface area contributed by atoms with E-state index in [0.717, 1.165) is 5.39 Å². The van der Waals surface area contributed by atoms with Gasteiger partial charge < -0.3 is 0 Å². The number of halogens is 1. The largest absolute Gasteiger partial charge is 0.306 e. The zero-order valence-electron chi connectivity index (χ0n) is 7.72. The van der Waals surface area contributed by atoms with Crippen LogP contribution >= 0.6 is 0 Å². The summed E-state index contributed by atoms with van der Waals surface area (Å²) in [6.07, 6.45) is 3.17. The van der Waals surface area contributed by atoms with Gasteiger partial charge in [0.1, 0.15) is 5.75 Å². The van der Waals surface area contributed by atoms with Crippen LogP contribution in [0.1, 0.15) is 5.56 Å². The quantitative estimate of drug-likeness (QED) is 0.735. The minimum absolute atomic E-state index is 0.456. The maximum atomic E-state index is 12.6. The molecule has 0 atom stereocenters. The van der Waals surface area contributed by atoms with Crippen LogP contribution in [0.2, 0.25) is 0 Å². The van der Waals surface area contributed by atoms with E-state index in [4.69, 9.17) is 0 Å². The van der Waals surface area contributed by atoms with E-state index in [-0.39, 0.29) is 0 Å². The topological polar surface area (TPSA) is 47.0 Å². The van der Waals surface area contributed by atoms with E-state index >= 15 is 0 Å². The Morgan fingerprint density at radius 2 is 2.07 bits per heavy atom. The third-order valence-corrected chi connectivity index (χ3v) is 2.75. The molecule has 0 saturated carbocycles. The molecule has 3 nitrogen and oxygen atoms in total. The van der Waals surface area contributed by atoms with Gasteiger partial charge in [-0.2, -0.15) is 8.42 Å². The minimum atomic E-state index is -4.49. The van der Waals surface area contributed by atoms with Crippen molar-refractivity contribution in [3.8, 4) is 0 Å². The van der Waals surface area contributed by atoms with E-state index in [9.17, 15) is 12.3 Å². The number of rotatable bonds is 2. The molecule has 0 saturated heterocycles. The van der Waals surface area contributed by atoms with Gasteiger partial charge in [0.25, 0.3) is 0 Å². The van der Waals surface area contributed by atoms with Crippen molar-refractivity contribution in [2.24, 2.45) is 0 Å². The third-order valence-electron chi connectivity index (χ3n) is 2.10. The van der Waals surface area contributed by atoms with Crippen LogP contribution in [-0.4, -0.2) is 13.4 Å². The molecule has 0 radical (unpaired) electrons. The second kappa shape index (κ2) is 3.58. The molecule has 0 fully saturated rings. The van der Waals surface area contributed by atoms with Crippen molar-refractivity contribution >= 4 is 21.0 Å². The lowest BCUT2D eigenvalue weighted by Gasteiger charge is -2.02. The van der Waals surface area contributed by atoms with E-state index in [2.05, 4.69) is 4.98 Å². The van der Waals surface area contributed by atoms with Crippen LogP contribution in [0.5, 0.6) is 0 Å². The Balaban J connectivity index is 2.61.